The van der Waals surface area contributed by atoms with Crippen LogP contribution in [0.5, 0.6) is 0 Å². The molecule has 0 amide bonds. The number of nitrogens with zero attached hydrogens (tertiary/aromatic N) is 4. The Balaban J connectivity index is 1.80. The van der Waals surface area contributed by atoms with Crippen LogP contribution in [-0.4, -0.2) is 24.7 Å². The Morgan fingerprint density at radius 2 is 1.96 bits per heavy atom. The van der Waals surface area contributed by atoms with Crippen molar-refractivity contribution in [2.75, 3.05) is 0 Å². The van der Waals surface area contributed by atoms with Gasteiger partial charge in [0.1, 0.15) is 0 Å². The highest BCUT2D eigenvalue weighted by molar-refractivity contribution is 7.13. The summed E-state index contributed by atoms with van der Waals surface area (Å²) in [6.07, 6.45) is 0. The molecular weight excluding hydrogens is 374 g/mol. The smallest absolute Gasteiger partial charge is 0.408 e. The van der Waals surface area contributed by atoms with Gasteiger partial charge in [0.05, 0.1) is 11.2 Å². The number of para-hydroxylation sites is 1. The van der Waals surface area contributed by atoms with E-state index in [4.69, 9.17) is 14.5 Å². The van der Waals surface area contributed by atoms with Crippen LogP contribution in [0.1, 0.15) is 11.3 Å². The lowest BCUT2D eigenvalue weighted by molar-refractivity contribution is 0.555. The van der Waals surface area contributed by atoms with E-state index in [1.807, 2.05) is 55.6 Å². The molecule has 138 valence electrons. The van der Waals surface area contributed by atoms with Crippen LogP contribution >= 0.6 is 11.3 Å². The predicted molar refractivity (Wildman–Crippen MR) is 108 cm³/mol. The summed E-state index contributed by atoms with van der Waals surface area (Å²) in [6, 6.07) is 13.5. The Labute approximate surface area is 163 Å². The van der Waals surface area contributed by atoms with Crippen molar-refractivity contribution in [3.8, 4) is 27.9 Å². The molecule has 0 atom stereocenters. The third-order valence-corrected chi connectivity index (χ3v) is 5.32. The number of hydrogen-bond donors (Lipinski definition) is 1. The maximum absolute atomic E-state index is 11.7. The van der Waals surface area contributed by atoms with Crippen molar-refractivity contribution >= 4 is 22.4 Å². The molecule has 7 nitrogen and oxygen atoms in total. The number of thiazole rings is 1. The van der Waals surface area contributed by atoms with Crippen LogP contribution in [0.4, 0.5) is 0 Å². The number of aryl methyl sites for hydroxylation is 2. The highest BCUT2D eigenvalue weighted by atomic mass is 32.1. The zero-order valence-electron chi connectivity index (χ0n) is 15.1. The number of aromatic nitrogens is 5. The van der Waals surface area contributed by atoms with Crippen LogP contribution in [0.3, 0.4) is 0 Å². The minimum Gasteiger partial charge on any atom is -0.408 e. The van der Waals surface area contributed by atoms with Crippen molar-refractivity contribution in [2.45, 2.75) is 13.8 Å². The van der Waals surface area contributed by atoms with Gasteiger partial charge in [0.25, 0.3) is 0 Å². The fourth-order valence-electron chi connectivity index (χ4n) is 3.13. The second-order valence-electron chi connectivity index (χ2n) is 6.50. The second-order valence-corrected chi connectivity index (χ2v) is 7.36. The van der Waals surface area contributed by atoms with Crippen LogP contribution in [0.15, 0.2) is 57.1 Å². The zero-order chi connectivity index (χ0) is 19.3. The first-order valence-electron chi connectivity index (χ1n) is 8.67. The molecule has 2 aromatic carbocycles. The summed E-state index contributed by atoms with van der Waals surface area (Å²) in [6.45, 7) is 3.97. The van der Waals surface area contributed by atoms with Gasteiger partial charge in [-0.25, -0.2) is 19.4 Å². The molecule has 5 aromatic rings. The molecule has 0 bridgehead atoms. The van der Waals surface area contributed by atoms with E-state index >= 15 is 0 Å². The first-order valence-corrected chi connectivity index (χ1v) is 9.55. The van der Waals surface area contributed by atoms with Gasteiger partial charge in [-0.1, -0.05) is 18.2 Å². The third kappa shape index (κ3) is 2.74. The van der Waals surface area contributed by atoms with E-state index in [2.05, 4.69) is 9.97 Å². The van der Waals surface area contributed by atoms with Gasteiger partial charge in [0.2, 0.25) is 5.82 Å². The van der Waals surface area contributed by atoms with Crippen molar-refractivity contribution in [2.24, 2.45) is 0 Å². The standard InChI is InChI=1S/C20H15N5O2S/c1-11-5-3-6-13(9-11)25-18(23-17(24-25)19-21-12(2)10-28-19)14-7-4-8-15-16(14)22-20(26)27-15/h3-10H,1-2H3,(H,22,26). The minimum absolute atomic E-state index is 0.480. The molecule has 0 radical (unpaired) electrons. The average molecular weight is 389 g/mol. The zero-order valence-corrected chi connectivity index (χ0v) is 15.9. The van der Waals surface area contributed by atoms with Crippen molar-refractivity contribution in [1.29, 1.82) is 0 Å². The summed E-state index contributed by atoms with van der Waals surface area (Å²) in [5.74, 6) is 0.647. The molecule has 3 heterocycles. The number of rotatable bonds is 3. The number of fused-ring (bicyclic) bond motifs is 1. The summed E-state index contributed by atoms with van der Waals surface area (Å²) in [7, 11) is 0. The molecule has 0 aliphatic rings. The van der Waals surface area contributed by atoms with Crippen LogP contribution in [-0.2, 0) is 0 Å². The Hall–Kier alpha value is -3.52. The van der Waals surface area contributed by atoms with Crippen molar-refractivity contribution in [1.82, 2.24) is 24.7 Å². The Bertz CT molecular complexity index is 1370. The number of aromatic amines is 1. The van der Waals surface area contributed by atoms with Crippen LogP contribution in [0.2, 0.25) is 0 Å². The van der Waals surface area contributed by atoms with E-state index in [1.165, 1.54) is 11.3 Å². The molecule has 5 rings (SSSR count). The fraction of sp³-hybridized carbons (Fsp3) is 0.100. The molecule has 0 saturated heterocycles. The second kappa shape index (κ2) is 6.28. The molecule has 0 aliphatic carbocycles. The number of nitrogens with one attached hydrogen (secondary N) is 1. The van der Waals surface area contributed by atoms with Gasteiger partial charge in [-0.3, -0.25) is 4.98 Å². The predicted octanol–water partition coefficient (Wildman–Crippen LogP) is 4.11. The lowest BCUT2D eigenvalue weighted by Gasteiger charge is -2.07. The summed E-state index contributed by atoms with van der Waals surface area (Å²) in [4.78, 5) is 23.8. The summed E-state index contributed by atoms with van der Waals surface area (Å²) in [5.41, 5.74) is 4.72. The van der Waals surface area contributed by atoms with E-state index in [0.717, 1.165) is 27.5 Å². The number of hydrogen-bond acceptors (Lipinski definition) is 6. The molecule has 0 fully saturated rings. The maximum Gasteiger partial charge on any atom is 0.417 e. The van der Waals surface area contributed by atoms with Crippen molar-refractivity contribution in [3.63, 3.8) is 0 Å². The van der Waals surface area contributed by atoms with Crippen molar-refractivity contribution < 1.29 is 4.42 Å². The van der Waals surface area contributed by atoms with E-state index in [-0.39, 0.29) is 0 Å². The van der Waals surface area contributed by atoms with E-state index in [9.17, 15) is 4.79 Å². The average Bonchev–Trinajstić information content (AvgIpc) is 3.38. The number of H-pyrrole nitrogens is 1. The quantitative estimate of drug-likeness (QED) is 0.502. The lowest BCUT2D eigenvalue weighted by atomic mass is 10.1. The van der Waals surface area contributed by atoms with E-state index in [1.54, 1.807) is 10.7 Å². The molecule has 8 heteroatoms. The molecule has 0 unspecified atom stereocenters. The van der Waals surface area contributed by atoms with Crippen molar-refractivity contribution in [3.05, 3.63) is 69.7 Å². The maximum atomic E-state index is 11.7. The van der Waals surface area contributed by atoms with Crippen LogP contribution in [0.25, 0.3) is 39.0 Å². The number of benzene rings is 2. The SMILES string of the molecule is Cc1cccc(-n2nc(-c3nc(C)cs3)nc2-c2cccc3oc(=O)[nH]c23)c1. The summed E-state index contributed by atoms with van der Waals surface area (Å²) in [5, 5.41) is 7.44. The normalized spacial score (nSPS) is 11.4. The minimum atomic E-state index is -0.500. The summed E-state index contributed by atoms with van der Waals surface area (Å²) >= 11 is 1.50. The first-order chi connectivity index (χ1) is 13.6. The molecule has 1 N–H and O–H groups in total. The Morgan fingerprint density at radius 1 is 1.11 bits per heavy atom. The topological polar surface area (TPSA) is 89.6 Å². The Morgan fingerprint density at radius 3 is 2.75 bits per heavy atom. The van der Waals surface area contributed by atoms with Crippen LogP contribution in [0, 0.1) is 13.8 Å². The largest absolute Gasteiger partial charge is 0.417 e. The number of oxazole rings is 1. The fourth-order valence-corrected chi connectivity index (χ4v) is 3.86. The molecule has 3 aromatic heterocycles. The van der Waals surface area contributed by atoms with Gasteiger partial charge < -0.3 is 4.42 Å². The highest BCUT2D eigenvalue weighted by Gasteiger charge is 2.20. The molecule has 0 aliphatic heterocycles. The van der Waals surface area contributed by atoms with Gasteiger partial charge >= 0.3 is 5.76 Å². The van der Waals surface area contributed by atoms with Crippen LogP contribution < -0.4 is 5.76 Å². The monoisotopic (exact) mass is 389 g/mol. The first kappa shape index (κ1) is 16.6. The van der Waals surface area contributed by atoms with Gasteiger partial charge in [-0.15, -0.1) is 16.4 Å². The van der Waals surface area contributed by atoms with Gasteiger partial charge in [0, 0.05) is 16.6 Å². The molecular formula is C20H15N5O2S. The molecule has 28 heavy (non-hydrogen) atoms. The lowest BCUT2D eigenvalue weighted by Crippen LogP contribution is -2.01. The Kier molecular flexibility index (Phi) is 3.73. The van der Waals surface area contributed by atoms with Gasteiger partial charge in [-0.05, 0) is 43.7 Å². The van der Waals surface area contributed by atoms with Gasteiger partial charge in [0.15, 0.2) is 16.4 Å². The van der Waals surface area contributed by atoms with Gasteiger partial charge in [-0.2, -0.15) is 0 Å². The van der Waals surface area contributed by atoms with E-state index < -0.39 is 5.76 Å². The molecule has 0 spiro atoms. The third-order valence-electron chi connectivity index (χ3n) is 4.36. The summed E-state index contributed by atoms with van der Waals surface area (Å²) < 4.78 is 6.99. The highest BCUT2D eigenvalue weighted by Crippen LogP contribution is 2.30. The molecule has 0 saturated carbocycles. The van der Waals surface area contributed by atoms with E-state index in [0.29, 0.717) is 22.7 Å².